The van der Waals surface area contributed by atoms with Gasteiger partial charge in [-0.25, -0.2) is 0 Å². The number of nitrogen functional groups attached to an aromatic ring is 1. The van der Waals surface area contributed by atoms with Gasteiger partial charge in [0.25, 0.3) is 0 Å². The van der Waals surface area contributed by atoms with Crippen LogP contribution in [0.3, 0.4) is 0 Å². The molecular weight excluding hydrogens is 194 g/mol. The van der Waals surface area contributed by atoms with Crippen molar-refractivity contribution in [2.45, 2.75) is 26.8 Å². The fourth-order valence-electron chi connectivity index (χ4n) is 1.05. The molecular formula is C10H17N3O2. The Kier molecular flexibility index (Phi) is 4.15. The quantitative estimate of drug-likeness (QED) is 0.739. The number of esters is 1. The lowest BCUT2D eigenvalue weighted by Gasteiger charge is -2.06. The highest BCUT2D eigenvalue weighted by Crippen LogP contribution is 2.00. The van der Waals surface area contributed by atoms with Crippen molar-refractivity contribution >= 4 is 11.8 Å². The second-order valence-electron chi connectivity index (χ2n) is 3.84. The first-order valence-electron chi connectivity index (χ1n) is 5.02. The minimum Gasteiger partial charge on any atom is -0.464 e. The van der Waals surface area contributed by atoms with Crippen LogP contribution in [0.2, 0.25) is 0 Å². The molecule has 0 aromatic carbocycles. The number of carbonyl (C=O) groups is 1. The van der Waals surface area contributed by atoms with Gasteiger partial charge in [-0.15, -0.1) is 0 Å². The number of aromatic nitrogens is 2. The smallest absolute Gasteiger partial charge is 0.327 e. The second kappa shape index (κ2) is 5.38. The van der Waals surface area contributed by atoms with Crippen LogP contribution in [0.4, 0.5) is 5.82 Å². The summed E-state index contributed by atoms with van der Waals surface area (Å²) in [7, 11) is 0. The maximum absolute atomic E-state index is 11.3. The Balaban J connectivity index is 2.24. The molecule has 0 saturated heterocycles. The molecule has 15 heavy (non-hydrogen) atoms. The summed E-state index contributed by atoms with van der Waals surface area (Å²) in [6.45, 7) is 4.76. The molecule has 0 fully saturated rings. The van der Waals surface area contributed by atoms with E-state index in [1.165, 1.54) is 4.68 Å². The third kappa shape index (κ3) is 4.49. The van der Waals surface area contributed by atoms with Crippen LogP contribution in [-0.4, -0.2) is 22.4 Å². The van der Waals surface area contributed by atoms with Crippen LogP contribution in [0, 0.1) is 5.92 Å². The summed E-state index contributed by atoms with van der Waals surface area (Å²) in [5, 5.41) is 3.89. The minimum absolute atomic E-state index is 0.120. The molecule has 1 aromatic rings. The number of nitrogens with two attached hydrogens (primary N) is 1. The summed E-state index contributed by atoms with van der Waals surface area (Å²) in [5.41, 5.74) is 5.41. The van der Waals surface area contributed by atoms with Gasteiger partial charge in [0.2, 0.25) is 0 Å². The molecule has 1 rings (SSSR count). The van der Waals surface area contributed by atoms with Gasteiger partial charge in [0, 0.05) is 6.20 Å². The molecule has 1 aromatic heterocycles. The van der Waals surface area contributed by atoms with E-state index in [-0.39, 0.29) is 12.5 Å². The Bertz CT molecular complexity index is 320. The highest BCUT2D eigenvalue weighted by atomic mass is 16.5. The molecule has 0 unspecified atom stereocenters. The van der Waals surface area contributed by atoms with Crippen LogP contribution in [0.15, 0.2) is 12.3 Å². The Morgan fingerprint density at radius 2 is 2.40 bits per heavy atom. The van der Waals surface area contributed by atoms with Gasteiger partial charge < -0.3 is 10.5 Å². The van der Waals surface area contributed by atoms with Gasteiger partial charge in [0.05, 0.1) is 6.61 Å². The van der Waals surface area contributed by atoms with Gasteiger partial charge in [0.15, 0.2) is 0 Å². The van der Waals surface area contributed by atoms with E-state index in [1.54, 1.807) is 12.3 Å². The van der Waals surface area contributed by atoms with Crippen LogP contribution in [0.25, 0.3) is 0 Å². The van der Waals surface area contributed by atoms with Crippen molar-refractivity contribution in [1.29, 1.82) is 0 Å². The van der Waals surface area contributed by atoms with Crippen molar-refractivity contribution < 1.29 is 9.53 Å². The number of hydrogen-bond donors (Lipinski definition) is 1. The van der Waals surface area contributed by atoms with E-state index in [9.17, 15) is 4.79 Å². The molecule has 0 aliphatic heterocycles. The van der Waals surface area contributed by atoms with E-state index in [0.29, 0.717) is 18.3 Å². The standard InChI is InChI=1S/C10H17N3O2/c1-8(2)4-6-15-10(14)7-13-5-3-9(11)12-13/h3,5,8H,4,6-7H2,1-2H3,(H2,11,12). The van der Waals surface area contributed by atoms with Crippen molar-refractivity contribution in [3.05, 3.63) is 12.3 Å². The Morgan fingerprint density at radius 1 is 1.67 bits per heavy atom. The Labute approximate surface area is 89.2 Å². The number of nitrogens with zero attached hydrogens (tertiary/aromatic N) is 2. The number of ether oxygens (including phenoxy) is 1. The molecule has 0 bridgehead atoms. The molecule has 1 heterocycles. The SMILES string of the molecule is CC(C)CCOC(=O)Cn1ccc(N)n1. The predicted molar refractivity (Wildman–Crippen MR) is 57.1 cm³/mol. The molecule has 0 amide bonds. The Morgan fingerprint density at radius 3 is 2.93 bits per heavy atom. The summed E-state index contributed by atoms with van der Waals surface area (Å²) in [6.07, 6.45) is 2.53. The number of hydrogen-bond acceptors (Lipinski definition) is 4. The van der Waals surface area contributed by atoms with Gasteiger partial charge in [-0.1, -0.05) is 13.8 Å². The van der Waals surface area contributed by atoms with Crippen molar-refractivity contribution in [2.75, 3.05) is 12.3 Å². The average molecular weight is 211 g/mol. The zero-order chi connectivity index (χ0) is 11.3. The lowest BCUT2D eigenvalue weighted by Crippen LogP contribution is -2.15. The number of anilines is 1. The molecule has 0 aliphatic rings. The lowest BCUT2D eigenvalue weighted by molar-refractivity contribution is -0.144. The van der Waals surface area contributed by atoms with E-state index in [1.807, 2.05) is 0 Å². The highest BCUT2D eigenvalue weighted by molar-refractivity contribution is 5.69. The minimum atomic E-state index is -0.279. The van der Waals surface area contributed by atoms with Gasteiger partial charge >= 0.3 is 5.97 Å². The van der Waals surface area contributed by atoms with Gasteiger partial charge in [-0.3, -0.25) is 9.48 Å². The van der Waals surface area contributed by atoms with E-state index in [0.717, 1.165) is 6.42 Å². The summed E-state index contributed by atoms with van der Waals surface area (Å²) < 4.78 is 6.49. The largest absolute Gasteiger partial charge is 0.464 e. The first-order chi connectivity index (χ1) is 7.08. The zero-order valence-electron chi connectivity index (χ0n) is 9.14. The average Bonchev–Trinajstić information content (AvgIpc) is 2.50. The van der Waals surface area contributed by atoms with Crippen LogP contribution < -0.4 is 5.73 Å². The highest BCUT2D eigenvalue weighted by Gasteiger charge is 2.05. The maximum atomic E-state index is 11.3. The maximum Gasteiger partial charge on any atom is 0.327 e. The molecule has 5 heteroatoms. The summed E-state index contributed by atoms with van der Waals surface area (Å²) in [6, 6.07) is 1.64. The fourth-order valence-corrected chi connectivity index (χ4v) is 1.05. The van der Waals surface area contributed by atoms with E-state index in [2.05, 4.69) is 18.9 Å². The predicted octanol–water partition coefficient (Wildman–Crippen LogP) is 1.05. The second-order valence-corrected chi connectivity index (χ2v) is 3.84. The topological polar surface area (TPSA) is 70.1 Å². The molecule has 0 radical (unpaired) electrons. The van der Waals surface area contributed by atoms with Crippen LogP contribution in [0.5, 0.6) is 0 Å². The zero-order valence-corrected chi connectivity index (χ0v) is 9.14. The molecule has 5 nitrogen and oxygen atoms in total. The van der Waals surface area contributed by atoms with Gasteiger partial charge in [-0.2, -0.15) is 5.10 Å². The molecule has 84 valence electrons. The number of rotatable bonds is 5. The van der Waals surface area contributed by atoms with Crippen molar-refractivity contribution in [3.63, 3.8) is 0 Å². The van der Waals surface area contributed by atoms with E-state index < -0.39 is 0 Å². The molecule has 0 spiro atoms. The van der Waals surface area contributed by atoms with Gasteiger partial charge in [-0.05, 0) is 18.4 Å². The van der Waals surface area contributed by atoms with Crippen LogP contribution >= 0.6 is 0 Å². The molecule has 0 saturated carbocycles. The summed E-state index contributed by atoms with van der Waals surface area (Å²) in [5.74, 6) is 0.668. The number of carbonyl (C=O) groups excluding carboxylic acids is 1. The molecule has 0 atom stereocenters. The van der Waals surface area contributed by atoms with Crippen molar-refractivity contribution in [3.8, 4) is 0 Å². The fraction of sp³-hybridized carbons (Fsp3) is 0.600. The van der Waals surface area contributed by atoms with Gasteiger partial charge in [0.1, 0.15) is 12.4 Å². The molecule has 2 N–H and O–H groups in total. The van der Waals surface area contributed by atoms with Crippen LogP contribution in [-0.2, 0) is 16.1 Å². The first-order valence-corrected chi connectivity index (χ1v) is 5.02. The lowest BCUT2D eigenvalue weighted by atomic mass is 10.1. The normalized spacial score (nSPS) is 10.6. The Hall–Kier alpha value is -1.52. The summed E-state index contributed by atoms with van der Waals surface area (Å²) >= 11 is 0. The monoisotopic (exact) mass is 211 g/mol. The van der Waals surface area contributed by atoms with E-state index >= 15 is 0 Å². The third-order valence-electron chi connectivity index (χ3n) is 1.91. The van der Waals surface area contributed by atoms with E-state index in [4.69, 9.17) is 10.5 Å². The van der Waals surface area contributed by atoms with Crippen molar-refractivity contribution in [2.24, 2.45) is 5.92 Å². The summed E-state index contributed by atoms with van der Waals surface area (Å²) in [4.78, 5) is 11.3. The molecule has 0 aliphatic carbocycles. The van der Waals surface area contributed by atoms with Crippen molar-refractivity contribution in [1.82, 2.24) is 9.78 Å². The third-order valence-corrected chi connectivity index (χ3v) is 1.91. The first kappa shape index (κ1) is 11.6. The van der Waals surface area contributed by atoms with Crippen LogP contribution in [0.1, 0.15) is 20.3 Å².